The fourth-order valence-electron chi connectivity index (χ4n) is 1.52. The second-order valence-electron chi connectivity index (χ2n) is 3.63. The lowest BCUT2D eigenvalue weighted by atomic mass is 10.0. The van der Waals surface area contributed by atoms with Crippen molar-refractivity contribution in [1.29, 1.82) is 0 Å². The van der Waals surface area contributed by atoms with Crippen molar-refractivity contribution >= 4 is 11.3 Å². The Morgan fingerprint density at radius 2 is 1.33 bits per heavy atom. The van der Waals surface area contributed by atoms with Gasteiger partial charge < -0.3 is 0 Å². The van der Waals surface area contributed by atoms with E-state index in [0.717, 1.165) is 0 Å². The molecular weight excluding hydrogens is 200 g/mol. The van der Waals surface area contributed by atoms with Gasteiger partial charge in [-0.25, -0.2) is 0 Å². The molecule has 0 nitrogen and oxygen atoms in total. The zero-order valence-electron chi connectivity index (χ0n) is 9.96. The Hall–Kier alpha value is -0.740. The summed E-state index contributed by atoms with van der Waals surface area (Å²) in [6.07, 6.45) is 15.9. The van der Waals surface area contributed by atoms with Crippen molar-refractivity contribution < 1.29 is 0 Å². The molecule has 0 aliphatic heterocycles. The average molecular weight is 222 g/mol. The van der Waals surface area contributed by atoms with Crippen molar-refractivity contribution in [3.63, 3.8) is 0 Å². The van der Waals surface area contributed by atoms with Gasteiger partial charge in [-0.1, -0.05) is 26.7 Å². The molecule has 1 heteroatoms. The van der Waals surface area contributed by atoms with E-state index in [9.17, 15) is 0 Å². The highest BCUT2D eigenvalue weighted by atomic mass is 32.1. The molecular formula is C14H22S. The molecule has 0 aliphatic rings. The summed E-state index contributed by atoms with van der Waals surface area (Å²) in [5, 5.41) is 4.67. The van der Waals surface area contributed by atoms with Crippen LogP contribution >= 0.6 is 11.3 Å². The molecule has 0 spiro atoms. The summed E-state index contributed by atoms with van der Waals surface area (Å²) in [5.74, 6) is 0. The van der Waals surface area contributed by atoms with Gasteiger partial charge in [0.25, 0.3) is 0 Å². The van der Waals surface area contributed by atoms with Crippen LogP contribution in [0.25, 0.3) is 0 Å². The number of aryl methyl sites for hydroxylation is 2. The van der Waals surface area contributed by atoms with Crippen LogP contribution in [0.1, 0.15) is 50.7 Å². The van der Waals surface area contributed by atoms with E-state index in [1.807, 2.05) is 11.3 Å². The predicted molar refractivity (Wildman–Crippen MR) is 71.4 cm³/mol. The SMILES string of the molecule is C#C.CCCCc1cscc1CCCC. The Balaban J connectivity index is 0.000000921. The Morgan fingerprint density at radius 3 is 1.67 bits per heavy atom. The van der Waals surface area contributed by atoms with Crippen molar-refractivity contribution in [2.24, 2.45) is 0 Å². The van der Waals surface area contributed by atoms with E-state index in [1.165, 1.54) is 38.5 Å². The Kier molecular flexibility index (Phi) is 9.32. The largest absolute Gasteiger partial charge is 0.152 e. The molecule has 1 rings (SSSR count). The molecule has 1 aromatic heterocycles. The molecule has 0 saturated carbocycles. The van der Waals surface area contributed by atoms with E-state index >= 15 is 0 Å². The van der Waals surface area contributed by atoms with E-state index in [0.29, 0.717) is 0 Å². The quantitative estimate of drug-likeness (QED) is 0.613. The van der Waals surface area contributed by atoms with Crippen LogP contribution in [0.2, 0.25) is 0 Å². The van der Waals surface area contributed by atoms with Crippen LogP contribution in [0.15, 0.2) is 10.8 Å². The first kappa shape index (κ1) is 14.3. The van der Waals surface area contributed by atoms with Gasteiger partial charge in [0.15, 0.2) is 0 Å². The third kappa shape index (κ3) is 5.64. The van der Waals surface area contributed by atoms with Gasteiger partial charge in [0.05, 0.1) is 0 Å². The first-order valence-corrected chi connectivity index (χ1v) is 6.70. The zero-order chi connectivity index (χ0) is 11.5. The number of terminal acetylenes is 1. The minimum Gasteiger partial charge on any atom is -0.152 e. The van der Waals surface area contributed by atoms with Gasteiger partial charge in [-0.15, -0.1) is 12.8 Å². The number of rotatable bonds is 6. The van der Waals surface area contributed by atoms with Crippen LogP contribution in [0.4, 0.5) is 0 Å². The van der Waals surface area contributed by atoms with E-state index in [2.05, 4.69) is 37.5 Å². The maximum atomic E-state index is 4.00. The minimum atomic E-state index is 1.29. The molecule has 0 fully saturated rings. The Morgan fingerprint density at radius 1 is 0.933 bits per heavy atom. The van der Waals surface area contributed by atoms with Crippen LogP contribution < -0.4 is 0 Å². The van der Waals surface area contributed by atoms with Gasteiger partial charge in [0.1, 0.15) is 0 Å². The summed E-state index contributed by atoms with van der Waals surface area (Å²) < 4.78 is 0. The van der Waals surface area contributed by atoms with Crippen molar-refractivity contribution in [3.8, 4) is 12.8 Å². The standard InChI is InChI=1S/C12H20S.C2H2/c1-3-5-7-11-9-13-10-12(11)8-6-4-2;1-2/h9-10H,3-8H2,1-2H3;1-2H. The maximum absolute atomic E-state index is 4.00. The molecule has 0 unspecified atom stereocenters. The van der Waals surface area contributed by atoms with E-state index < -0.39 is 0 Å². The number of hydrogen-bond acceptors (Lipinski definition) is 1. The van der Waals surface area contributed by atoms with Gasteiger partial charge in [0.2, 0.25) is 0 Å². The van der Waals surface area contributed by atoms with Crippen LogP contribution in [0, 0.1) is 12.8 Å². The van der Waals surface area contributed by atoms with E-state index in [1.54, 1.807) is 11.1 Å². The van der Waals surface area contributed by atoms with Crippen LogP contribution in [0.5, 0.6) is 0 Å². The van der Waals surface area contributed by atoms with Gasteiger partial charge >= 0.3 is 0 Å². The molecule has 0 atom stereocenters. The summed E-state index contributed by atoms with van der Waals surface area (Å²) in [5.41, 5.74) is 3.22. The summed E-state index contributed by atoms with van der Waals surface area (Å²) >= 11 is 1.87. The van der Waals surface area contributed by atoms with Gasteiger partial charge in [-0.05, 0) is 47.6 Å². The van der Waals surface area contributed by atoms with E-state index in [-0.39, 0.29) is 0 Å². The molecule has 1 heterocycles. The number of hydrogen-bond donors (Lipinski definition) is 0. The van der Waals surface area contributed by atoms with Crippen LogP contribution in [0.3, 0.4) is 0 Å². The van der Waals surface area contributed by atoms with Gasteiger partial charge in [-0.3, -0.25) is 0 Å². The Labute approximate surface area is 98.7 Å². The van der Waals surface area contributed by atoms with Gasteiger partial charge in [0, 0.05) is 0 Å². The second-order valence-corrected chi connectivity index (χ2v) is 4.37. The third-order valence-corrected chi connectivity index (χ3v) is 3.27. The average Bonchev–Trinajstić information content (AvgIpc) is 2.73. The third-order valence-electron chi connectivity index (χ3n) is 2.43. The van der Waals surface area contributed by atoms with Crippen LogP contribution in [-0.2, 0) is 12.8 Å². The molecule has 1 aromatic rings. The van der Waals surface area contributed by atoms with E-state index in [4.69, 9.17) is 0 Å². The fourth-order valence-corrected chi connectivity index (χ4v) is 2.46. The lowest BCUT2D eigenvalue weighted by Crippen LogP contribution is -1.89. The van der Waals surface area contributed by atoms with Crippen molar-refractivity contribution in [3.05, 3.63) is 21.9 Å². The van der Waals surface area contributed by atoms with Crippen LogP contribution in [-0.4, -0.2) is 0 Å². The lowest BCUT2D eigenvalue weighted by Gasteiger charge is -2.01. The first-order valence-electron chi connectivity index (χ1n) is 5.75. The highest BCUT2D eigenvalue weighted by Gasteiger charge is 2.02. The summed E-state index contributed by atoms with van der Waals surface area (Å²) in [7, 11) is 0. The van der Waals surface area contributed by atoms with Gasteiger partial charge in [-0.2, -0.15) is 11.3 Å². The molecule has 0 bridgehead atoms. The second kappa shape index (κ2) is 9.80. The molecule has 0 saturated heterocycles. The number of unbranched alkanes of at least 4 members (excludes halogenated alkanes) is 2. The lowest BCUT2D eigenvalue weighted by molar-refractivity contribution is 0.762. The smallest absolute Gasteiger partial charge is 0.00584 e. The van der Waals surface area contributed by atoms with Crippen molar-refractivity contribution in [2.45, 2.75) is 52.4 Å². The van der Waals surface area contributed by atoms with Crippen molar-refractivity contribution in [2.75, 3.05) is 0 Å². The summed E-state index contributed by atoms with van der Waals surface area (Å²) in [6, 6.07) is 0. The monoisotopic (exact) mass is 222 g/mol. The zero-order valence-corrected chi connectivity index (χ0v) is 10.8. The first-order chi connectivity index (χ1) is 7.38. The maximum Gasteiger partial charge on any atom is -0.00584 e. The normalized spacial score (nSPS) is 9.33. The van der Waals surface area contributed by atoms with Crippen molar-refractivity contribution in [1.82, 2.24) is 0 Å². The highest BCUT2D eigenvalue weighted by Crippen LogP contribution is 2.19. The molecule has 0 radical (unpaired) electrons. The molecule has 0 aliphatic carbocycles. The predicted octanol–water partition coefficient (Wildman–Crippen LogP) is 4.68. The Bertz CT molecular complexity index is 235. The molecule has 0 aromatic carbocycles. The molecule has 84 valence electrons. The topological polar surface area (TPSA) is 0 Å². The summed E-state index contributed by atoms with van der Waals surface area (Å²) in [4.78, 5) is 0. The molecule has 15 heavy (non-hydrogen) atoms. The molecule has 0 amide bonds. The fraction of sp³-hybridized carbons (Fsp3) is 0.571. The highest BCUT2D eigenvalue weighted by molar-refractivity contribution is 7.08. The molecule has 0 N–H and O–H groups in total. The minimum absolute atomic E-state index is 1.29. The number of thiophene rings is 1. The summed E-state index contributed by atoms with van der Waals surface area (Å²) in [6.45, 7) is 4.52.